The molecule has 0 aliphatic carbocycles. The summed E-state index contributed by atoms with van der Waals surface area (Å²) in [6.07, 6.45) is 1.23. The molecule has 1 saturated heterocycles. The van der Waals surface area contributed by atoms with Crippen molar-refractivity contribution in [2.45, 2.75) is 44.5 Å². The molecule has 10 nitrogen and oxygen atoms in total. The summed E-state index contributed by atoms with van der Waals surface area (Å²) >= 11 is 0. The van der Waals surface area contributed by atoms with E-state index >= 15 is 0 Å². The SMILES string of the molecule is COc1ccc2cc1OCC(=O)NCc1ccc(cc1)O[C@H]1CN(C(=O)CN3CCc4ccccc4C3)C[C@@H]1NC(=O)CC2. The van der Waals surface area contributed by atoms with Crippen LogP contribution in [0, 0.1) is 0 Å². The van der Waals surface area contributed by atoms with Crippen molar-refractivity contribution < 1.29 is 28.6 Å². The van der Waals surface area contributed by atoms with Crippen molar-refractivity contribution in [3.8, 4) is 17.2 Å². The number of carbonyl (C=O) groups is 3. The number of nitrogens with zero attached hydrogens (tertiary/aromatic N) is 2. The van der Waals surface area contributed by atoms with Crippen LogP contribution in [0.15, 0.2) is 66.7 Å². The van der Waals surface area contributed by atoms with Crippen LogP contribution in [0.2, 0.25) is 0 Å². The predicted octanol–water partition coefficient (Wildman–Crippen LogP) is 2.47. The van der Waals surface area contributed by atoms with Crippen molar-refractivity contribution in [3.05, 3.63) is 89.0 Å². The van der Waals surface area contributed by atoms with Crippen molar-refractivity contribution in [2.24, 2.45) is 0 Å². The Labute approximate surface area is 257 Å². The molecule has 3 aromatic carbocycles. The molecule has 4 bridgehead atoms. The van der Waals surface area contributed by atoms with Crippen molar-refractivity contribution in [1.29, 1.82) is 0 Å². The number of rotatable bonds is 3. The number of hydrogen-bond acceptors (Lipinski definition) is 7. The first-order chi connectivity index (χ1) is 21.4. The van der Waals surface area contributed by atoms with E-state index in [4.69, 9.17) is 14.2 Å². The van der Waals surface area contributed by atoms with Crippen molar-refractivity contribution in [2.75, 3.05) is 39.9 Å². The minimum Gasteiger partial charge on any atom is -0.493 e. The molecule has 0 spiro atoms. The highest BCUT2D eigenvalue weighted by atomic mass is 16.5. The average Bonchev–Trinajstić information content (AvgIpc) is 3.43. The first kappa shape index (κ1) is 29.5. The molecule has 230 valence electrons. The Morgan fingerprint density at radius 1 is 0.932 bits per heavy atom. The Morgan fingerprint density at radius 2 is 1.73 bits per heavy atom. The van der Waals surface area contributed by atoms with Gasteiger partial charge in [-0.25, -0.2) is 0 Å². The topological polar surface area (TPSA) is 109 Å². The Hall–Kier alpha value is -4.57. The molecule has 4 aliphatic rings. The first-order valence-electron chi connectivity index (χ1n) is 15.1. The van der Waals surface area contributed by atoms with Gasteiger partial charge in [0.1, 0.15) is 11.9 Å². The first-order valence-corrected chi connectivity index (χ1v) is 15.1. The number of likely N-dealkylation sites (tertiary alicyclic amines) is 1. The van der Waals surface area contributed by atoms with Gasteiger partial charge in [0.15, 0.2) is 18.1 Å². The van der Waals surface area contributed by atoms with E-state index in [1.807, 2.05) is 36.4 Å². The van der Waals surface area contributed by atoms with Gasteiger partial charge in [0.2, 0.25) is 11.8 Å². The zero-order valence-corrected chi connectivity index (χ0v) is 24.9. The molecule has 2 atom stereocenters. The third-order valence-electron chi connectivity index (χ3n) is 8.46. The van der Waals surface area contributed by atoms with Gasteiger partial charge in [-0.15, -0.1) is 0 Å². The van der Waals surface area contributed by atoms with E-state index in [1.54, 1.807) is 24.1 Å². The second-order valence-electron chi connectivity index (χ2n) is 11.6. The molecule has 0 radical (unpaired) electrons. The van der Waals surface area contributed by atoms with Gasteiger partial charge in [-0.1, -0.05) is 42.5 Å². The number of fused-ring (bicyclic) bond motifs is 10. The third-order valence-corrected chi connectivity index (χ3v) is 8.46. The molecule has 2 N–H and O–H groups in total. The van der Waals surface area contributed by atoms with Crippen LogP contribution in [0.25, 0.3) is 0 Å². The van der Waals surface area contributed by atoms with E-state index in [9.17, 15) is 14.4 Å². The molecule has 4 aliphatic heterocycles. The molecule has 44 heavy (non-hydrogen) atoms. The second-order valence-corrected chi connectivity index (χ2v) is 11.6. The summed E-state index contributed by atoms with van der Waals surface area (Å²) in [6, 6.07) is 20.9. The van der Waals surface area contributed by atoms with Gasteiger partial charge in [0, 0.05) is 32.6 Å². The van der Waals surface area contributed by atoms with Crippen LogP contribution < -0.4 is 24.8 Å². The quantitative estimate of drug-likeness (QED) is 0.477. The normalized spacial score (nSPS) is 20.9. The number of nitrogens with one attached hydrogen (secondary N) is 2. The minimum absolute atomic E-state index is 0.0287. The van der Waals surface area contributed by atoms with E-state index in [0.29, 0.717) is 49.8 Å². The molecular formula is C34H38N4O6. The molecule has 4 heterocycles. The lowest BCUT2D eigenvalue weighted by molar-refractivity contribution is -0.132. The van der Waals surface area contributed by atoms with Crippen LogP contribution in [0.3, 0.4) is 0 Å². The lowest BCUT2D eigenvalue weighted by Gasteiger charge is -2.29. The van der Waals surface area contributed by atoms with Gasteiger partial charge in [-0.2, -0.15) is 0 Å². The summed E-state index contributed by atoms with van der Waals surface area (Å²) < 4.78 is 17.5. The fourth-order valence-electron chi connectivity index (χ4n) is 6.00. The van der Waals surface area contributed by atoms with E-state index < -0.39 is 6.10 Å². The lowest BCUT2D eigenvalue weighted by atomic mass is 10.00. The predicted molar refractivity (Wildman–Crippen MR) is 163 cm³/mol. The summed E-state index contributed by atoms with van der Waals surface area (Å²) in [5.41, 5.74) is 4.40. The molecule has 0 unspecified atom stereocenters. The van der Waals surface area contributed by atoms with Gasteiger partial charge in [0.05, 0.1) is 26.2 Å². The van der Waals surface area contributed by atoms with Crippen LogP contribution in [0.1, 0.15) is 28.7 Å². The standard InChI is InChI=1S/C34H38N4O6/c1-42-29-12-8-23-9-13-32(39)36-28-19-38(34(41)21-37-15-14-25-4-2-3-5-26(25)18-37)20-31(28)44-27-10-6-24(7-11-27)17-35-33(40)22-43-30(29)16-23/h2-8,10-12,16,28,31H,9,13-15,17-22H2,1H3,(H,35,40)(H,36,39)/t28-,31-/m0/s1. The van der Waals surface area contributed by atoms with E-state index in [1.165, 1.54) is 11.1 Å². The highest BCUT2D eigenvalue weighted by Gasteiger charge is 2.38. The lowest BCUT2D eigenvalue weighted by Crippen LogP contribution is -2.45. The molecule has 3 amide bonds. The largest absolute Gasteiger partial charge is 0.493 e. The Balaban J connectivity index is 1.17. The Kier molecular flexibility index (Phi) is 8.97. The third kappa shape index (κ3) is 7.14. The Bertz CT molecular complexity index is 1510. The zero-order chi connectivity index (χ0) is 30.5. The van der Waals surface area contributed by atoms with Gasteiger partial charge in [-0.05, 0) is 59.4 Å². The molecular weight excluding hydrogens is 560 g/mol. The second kappa shape index (κ2) is 13.4. The van der Waals surface area contributed by atoms with Crippen LogP contribution in [0.5, 0.6) is 17.2 Å². The van der Waals surface area contributed by atoms with Crippen LogP contribution >= 0.6 is 0 Å². The number of methoxy groups -OCH3 is 1. The maximum atomic E-state index is 13.5. The van der Waals surface area contributed by atoms with Gasteiger partial charge in [-0.3, -0.25) is 19.3 Å². The fourth-order valence-corrected chi connectivity index (χ4v) is 6.00. The molecule has 10 heteroatoms. The zero-order valence-electron chi connectivity index (χ0n) is 24.9. The van der Waals surface area contributed by atoms with Crippen molar-refractivity contribution in [1.82, 2.24) is 20.4 Å². The maximum Gasteiger partial charge on any atom is 0.258 e. The molecule has 7 rings (SSSR count). The van der Waals surface area contributed by atoms with Crippen LogP contribution in [-0.2, 0) is 40.3 Å². The molecule has 3 aromatic rings. The number of hydrogen-bond donors (Lipinski definition) is 2. The molecule has 1 fully saturated rings. The highest BCUT2D eigenvalue weighted by molar-refractivity contribution is 5.80. The van der Waals surface area contributed by atoms with Crippen LogP contribution in [-0.4, -0.2) is 79.6 Å². The number of carbonyl (C=O) groups excluding carboxylic acids is 3. The fraction of sp³-hybridized carbons (Fsp3) is 0.382. The number of ether oxygens (including phenoxy) is 3. The van der Waals surface area contributed by atoms with Crippen molar-refractivity contribution >= 4 is 17.7 Å². The van der Waals surface area contributed by atoms with Gasteiger partial charge >= 0.3 is 0 Å². The smallest absolute Gasteiger partial charge is 0.258 e. The molecule has 0 saturated carbocycles. The summed E-state index contributed by atoms with van der Waals surface area (Å²) in [5, 5.41) is 6.01. The summed E-state index contributed by atoms with van der Waals surface area (Å²) in [4.78, 5) is 43.1. The number of aryl methyl sites for hydroxylation is 1. The van der Waals surface area contributed by atoms with E-state index in [2.05, 4.69) is 33.7 Å². The summed E-state index contributed by atoms with van der Waals surface area (Å²) in [5.74, 6) is 1.23. The highest BCUT2D eigenvalue weighted by Crippen LogP contribution is 2.29. The average molecular weight is 599 g/mol. The van der Waals surface area contributed by atoms with Crippen molar-refractivity contribution in [3.63, 3.8) is 0 Å². The number of amides is 3. The number of benzene rings is 3. The van der Waals surface area contributed by atoms with Gasteiger partial charge < -0.3 is 29.7 Å². The van der Waals surface area contributed by atoms with E-state index in [-0.39, 0.29) is 36.8 Å². The minimum atomic E-state index is -0.404. The Morgan fingerprint density at radius 3 is 2.55 bits per heavy atom. The summed E-state index contributed by atoms with van der Waals surface area (Å²) in [7, 11) is 1.54. The maximum absolute atomic E-state index is 13.5. The summed E-state index contributed by atoms with van der Waals surface area (Å²) in [6.45, 7) is 2.85. The molecule has 0 aromatic heterocycles. The van der Waals surface area contributed by atoms with Gasteiger partial charge in [0.25, 0.3) is 5.91 Å². The monoisotopic (exact) mass is 598 g/mol. The van der Waals surface area contributed by atoms with Crippen LogP contribution in [0.4, 0.5) is 0 Å². The van der Waals surface area contributed by atoms with E-state index in [0.717, 1.165) is 30.6 Å².